The second-order valence-electron chi connectivity index (χ2n) is 12.9. The van der Waals surface area contributed by atoms with E-state index in [1.807, 2.05) is 69.3 Å². The van der Waals surface area contributed by atoms with Crippen molar-refractivity contribution in [1.29, 1.82) is 0 Å². The number of aryl methyl sites for hydroxylation is 2. The van der Waals surface area contributed by atoms with Crippen molar-refractivity contribution in [2.75, 3.05) is 26.2 Å². The fraction of sp³-hybridized carbons (Fsp3) is 0.444. The third kappa shape index (κ3) is 7.65. The summed E-state index contributed by atoms with van der Waals surface area (Å²) >= 11 is 0. The second kappa shape index (κ2) is 14.9. The van der Waals surface area contributed by atoms with Gasteiger partial charge in [-0.3, -0.25) is 29.0 Å². The maximum Gasteiger partial charge on any atom is 0.255 e. The first-order valence-electron chi connectivity index (χ1n) is 16.5. The van der Waals surface area contributed by atoms with Crippen LogP contribution in [-0.4, -0.2) is 99.8 Å². The van der Waals surface area contributed by atoms with Crippen molar-refractivity contribution in [3.63, 3.8) is 0 Å². The van der Waals surface area contributed by atoms with Gasteiger partial charge in [-0.15, -0.1) is 0 Å². The zero-order chi connectivity index (χ0) is 34.5. The molecule has 3 heterocycles. The number of fused-ring (bicyclic) bond motifs is 2. The number of aliphatic hydroxyl groups excluding tert-OH is 1. The van der Waals surface area contributed by atoms with Crippen LogP contribution in [0.5, 0.6) is 0 Å². The molecule has 3 aromatic rings. The van der Waals surface area contributed by atoms with Crippen LogP contribution in [0.3, 0.4) is 0 Å². The molecule has 4 N–H and O–H groups in total. The maximum absolute atomic E-state index is 14.2. The molecule has 0 spiro atoms. The molecule has 2 saturated heterocycles. The number of nitrogens with one attached hydrogen (secondary N) is 3. The number of carbonyl (C=O) groups excluding carboxylic acids is 5. The summed E-state index contributed by atoms with van der Waals surface area (Å²) in [4.78, 5) is 76.5. The first kappa shape index (κ1) is 34.5. The Morgan fingerprint density at radius 1 is 1.02 bits per heavy atom. The van der Waals surface area contributed by atoms with Crippen LogP contribution >= 0.6 is 0 Å². The molecule has 12 nitrogen and oxygen atoms in total. The first-order chi connectivity index (χ1) is 23.0. The number of nitrogens with zero attached hydrogens (tertiary/aromatic N) is 3. The summed E-state index contributed by atoms with van der Waals surface area (Å²) in [7, 11) is 0. The minimum atomic E-state index is -1.03. The largest absolute Gasteiger partial charge is 0.391 e. The van der Waals surface area contributed by atoms with E-state index >= 15 is 0 Å². The molecule has 2 aliphatic heterocycles. The summed E-state index contributed by atoms with van der Waals surface area (Å²) < 4.78 is 0. The van der Waals surface area contributed by atoms with Crippen LogP contribution in [0.15, 0.2) is 54.6 Å². The summed E-state index contributed by atoms with van der Waals surface area (Å²) in [5.74, 6) is -2.84. The monoisotopic (exact) mass is 656 g/mol. The summed E-state index contributed by atoms with van der Waals surface area (Å²) in [5, 5.41) is 19.7. The van der Waals surface area contributed by atoms with E-state index in [-0.39, 0.29) is 44.9 Å². The molecule has 0 bridgehead atoms. The van der Waals surface area contributed by atoms with Gasteiger partial charge in [0.25, 0.3) is 5.91 Å². The number of amides is 5. The third-order valence-electron chi connectivity index (χ3n) is 9.28. The maximum atomic E-state index is 14.2. The highest BCUT2D eigenvalue weighted by molar-refractivity contribution is 6.08. The topological polar surface area (TPSA) is 161 Å². The quantitative estimate of drug-likeness (QED) is 0.325. The number of pyridine rings is 1. The summed E-state index contributed by atoms with van der Waals surface area (Å²) in [5.41, 5.74) is 3.41. The zero-order valence-corrected chi connectivity index (χ0v) is 27.9. The van der Waals surface area contributed by atoms with E-state index in [1.54, 1.807) is 13.0 Å². The van der Waals surface area contributed by atoms with Crippen LogP contribution in [0.25, 0.3) is 10.9 Å². The molecule has 5 amide bonds. The number of hydrogen-bond acceptors (Lipinski definition) is 7. The van der Waals surface area contributed by atoms with Crippen molar-refractivity contribution in [1.82, 2.24) is 30.7 Å². The van der Waals surface area contributed by atoms with Crippen LogP contribution in [0.2, 0.25) is 0 Å². The van der Waals surface area contributed by atoms with E-state index < -0.39 is 53.8 Å². The Labute approximate surface area is 280 Å². The Bertz CT molecular complexity index is 1700. The Balaban J connectivity index is 1.52. The number of rotatable bonds is 5. The van der Waals surface area contributed by atoms with Crippen molar-refractivity contribution in [3.8, 4) is 0 Å². The smallest absolute Gasteiger partial charge is 0.255 e. The highest BCUT2D eigenvalue weighted by atomic mass is 16.3. The van der Waals surface area contributed by atoms with Gasteiger partial charge in [0.15, 0.2) is 0 Å². The SMILES string of the molecule is CC[C@H](C)[C@@H]1NC(=O)CN(C(=O)c2cc(C)nc3c(C)cccc23)CCNC(=O)[C@H](Cc2ccccc2)NC(=O)[C@@H]2C[C@@H](O)CN2C1=O. The predicted octanol–water partition coefficient (Wildman–Crippen LogP) is 1.64. The van der Waals surface area contributed by atoms with Gasteiger partial charge in [0.2, 0.25) is 23.6 Å². The van der Waals surface area contributed by atoms with Gasteiger partial charge in [-0.25, -0.2) is 0 Å². The number of hydrogen-bond donors (Lipinski definition) is 4. The molecule has 0 radical (unpaired) electrons. The van der Waals surface area contributed by atoms with Gasteiger partial charge in [0, 0.05) is 43.6 Å². The van der Waals surface area contributed by atoms with Gasteiger partial charge in [-0.05, 0) is 37.0 Å². The lowest BCUT2D eigenvalue weighted by Gasteiger charge is -2.32. The van der Waals surface area contributed by atoms with Crippen LogP contribution in [0, 0.1) is 19.8 Å². The fourth-order valence-corrected chi connectivity index (χ4v) is 6.44. The Morgan fingerprint density at radius 2 is 1.77 bits per heavy atom. The fourth-order valence-electron chi connectivity index (χ4n) is 6.44. The van der Waals surface area contributed by atoms with E-state index in [9.17, 15) is 29.1 Å². The highest BCUT2D eigenvalue weighted by Crippen LogP contribution is 2.24. The van der Waals surface area contributed by atoms with E-state index in [1.165, 1.54) is 9.80 Å². The molecule has 1 aromatic heterocycles. The molecule has 0 aliphatic carbocycles. The summed E-state index contributed by atoms with van der Waals surface area (Å²) in [6, 6.07) is 13.4. The lowest BCUT2D eigenvalue weighted by Crippen LogP contribution is -2.58. The Hall–Kier alpha value is -4.84. The van der Waals surface area contributed by atoms with Crippen molar-refractivity contribution in [3.05, 3.63) is 77.0 Å². The van der Waals surface area contributed by atoms with Crippen molar-refractivity contribution in [2.24, 2.45) is 5.92 Å². The number of benzene rings is 2. The van der Waals surface area contributed by atoms with Crippen LogP contribution in [0.4, 0.5) is 0 Å². The number of aliphatic hydroxyl groups is 1. The molecular weight excluding hydrogens is 612 g/mol. The standard InChI is InChI=1S/C36H44N6O6/c1-5-21(2)32-36(48)42-19-25(43)18-29(42)34(46)39-28(17-24-11-7-6-8-12-24)33(45)37-14-15-41(20-30(44)40-32)35(47)27-16-23(4)38-31-22(3)10-9-13-26(27)31/h6-13,16,21,25,28-29,32,43H,5,14-15,17-20H2,1-4H3,(H,37,45)(H,39,46)(H,40,44)/t21-,25+,28-,29-,32-/m0/s1. The Morgan fingerprint density at radius 3 is 2.50 bits per heavy atom. The van der Waals surface area contributed by atoms with Gasteiger partial charge in [0.1, 0.15) is 18.1 Å². The minimum absolute atomic E-state index is 0.000514. The average molecular weight is 657 g/mol. The molecule has 2 aliphatic rings. The average Bonchev–Trinajstić information content (AvgIpc) is 3.47. The van der Waals surface area contributed by atoms with Gasteiger partial charge in [-0.1, -0.05) is 68.8 Å². The van der Waals surface area contributed by atoms with Crippen LogP contribution in [0.1, 0.15) is 53.9 Å². The number of carbonyl (C=O) groups is 5. The van der Waals surface area contributed by atoms with Crippen molar-refractivity contribution < 1.29 is 29.1 Å². The molecule has 5 rings (SSSR count). The van der Waals surface area contributed by atoms with Gasteiger partial charge in [-0.2, -0.15) is 0 Å². The van der Waals surface area contributed by atoms with E-state index in [4.69, 9.17) is 0 Å². The van der Waals surface area contributed by atoms with Crippen molar-refractivity contribution >= 4 is 40.4 Å². The van der Waals surface area contributed by atoms with E-state index in [0.717, 1.165) is 11.1 Å². The molecule has 48 heavy (non-hydrogen) atoms. The summed E-state index contributed by atoms with van der Waals surface area (Å²) in [6.07, 6.45) is -0.221. The highest BCUT2D eigenvalue weighted by Gasteiger charge is 2.43. The summed E-state index contributed by atoms with van der Waals surface area (Å²) in [6.45, 7) is 6.96. The van der Waals surface area contributed by atoms with E-state index in [2.05, 4.69) is 20.9 Å². The molecule has 12 heteroatoms. The predicted molar refractivity (Wildman–Crippen MR) is 180 cm³/mol. The van der Waals surface area contributed by atoms with E-state index in [0.29, 0.717) is 28.6 Å². The number of para-hydroxylation sites is 1. The van der Waals surface area contributed by atoms with Crippen LogP contribution < -0.4 is 16.0 Å². The van der Waals surface area contributed by atoms with Gasteiger partial charge >= 0.3 is 0 Å². The third-order valence-corrected chi connectivity index (χ3v) is 9.28. The zero-order valence-electron chi connectivity index (χ0n) is 27.9. The Kier molecular flexibility index (Phi) is 10.7. The lowest BCUT2D eigenvalue weighted by molar-refractivity contribution is -0.143. The molecule has 2 fully saturated rings. The lowest BCUT2D eigenvalue weighted by atomic mass is 9.97. The first-order valence-corrected chi connectivity index (χ1v) is 16.5. The normalized spacial score (nSPS) is 23.4. The molecule has 5 atom stereocenters. The van der Waals surface area contributed by atoms with Crippen molar-refractivity contribution in [2.45, 2.75) is 71.2 Å². The molecule has 0 saturated carbocycles. The van der Waals surface area contributed by atoms with Gasteiger partial charge < -0.3 is 30.9 Å². The molecule has 0 unspecified atom stereocenters. The minimum Gasteiger partial charge on any atom is -0.391 e. The molecule has 2 aromatic carbocycles. The van der Waals surface area contributed by atoms with Crippen LogP contribution in [-0.2, 0) is 25.6 Å². The number of aromatic nitrogens is 1. The molecule has 254 valence electrons. The van der Waals surface area contributed by atoms with Gasteiger partial charge in [0.05, 0.1) is 23.7 Å². The second-order valence-corrected chi connectivity index (χ2v) is 12.9. The molecular formula is C36H44N6O6.